The third kappa shape index (κ3) is 31.1. The van der Waals surface area contributed by atoms with Crippen LogP contribution >= 0.6 is 0 Å². The Bertz CT molecular complexity index is 367. The van der Waals surface area contributed by atoms with Crippen LogP contribution < -0.4 is 0 Å². The minimum atomic E-state index is -0.833. The number of carbonyl (C=O) groups is 2. The molecule has 0 aliphatic carbocycles. The summed E-state index contributed by atoms with van der Waals surface area (Å²) < 4.78 is 0. The number of rotatable bonds is 23. The number of unbranched alkanes of at least 4 members (excludes halogenated alkanes) is 18. The van der Waals surface area contributed by atoms with Gasteiger partial charge in [0.2, 0.25) is 0 Å². The van der Waals surface area contributed by atoms with Crippen LogP contribution in [-0.2, 0) is 9.59 Å². The normalized spacial score (nSPS) is 10.8. The summed E-state index contributed by atoms with van der Waals surface area (Å²) in [4.78, 5) is 20.5. The molecule has 0 rings (SSSR count). The van der Waals surface area contributed by atoms with Crippen molar-refractivity contribution in [1.29, 1.82) is 0 Å². The van der Waals surface area contributed by atoms with Gasteiger partial charge in [-0.1, -0.05) is 142 Å². The Morgan fingerprint density at radius 2 is 0.719 bits per heavy atom. The zero-order valence-electron chi connectivity index (χ0n) is 21.8. The van der Waals surface area contributed by atoms with Crippen LogP contribution in [0.25, 0.3) is 0 Å². The molecule has 0 aromatic heterocycles. The highest BCUT2D eigenvalue weighted by Gasteiger charge is 2.16. The Kier molecular flexibility index (Phi) is 28.9. The van der Waals surface area contributed by atoms with Crippen LogP contribution in [0.15, 0.2) is 0 Å². The molecule has 0 amide bonds. The second kappa shape index (κ2) is 28.0. The highest BCUT2D eigenvalue weighted by molar-refractivity contribution is 5.69. The lowest BCUT2D eigenvalue weighted by molar-refractivity contribution is -0.142. The SMILES string of the molecule is CC(=O)O.CCCCCCCCCCCCC(CCCCCCCCCCCC)C(=O)O. The summed E-state index contributed by atoms with van der Waals surface area (Å²) in [6, 6.07) is 0. The fourth-order valence-electron chi connectivity index (χ4n) is 4.15. The molecule has 0 fully saturated rings. The van der Waals surface area contributed by atoms with Gasteiger partial charge in [0, 0.05) is 6.92 Å². The van der Waals surface area contributed by atoms with E-state index in [4.69, 9.17) is 9.90 Å². The molecule has 4 nitrogen and oxygen atoms in total. The van der Waals surface area contributed by atoms with Crippen molar-refractivity contribution in [1.82, 2.24) is 0 Å². The number of aliphatic carboxylic acids is 2. The molecule has 32 heavy (non-hydrogen) atoms. The van der Waals surface area contributed by atoms with E-state index in [2.05, 4.69) is 13.8 Å². The van der Waals surface area contributed by atoms with E-state index in [0.717, 1.165) is 32.6 Å². The molecule has 0 aliphatic heterocycles. The molecule has 0 unspecified atom stereocenters. The van der Waals surface area contributed by atoms with Crippen molar-refractivity contribution in [2.45, 2.75) is 162 Å². The van der Waals surface area contributed by atoms with Gasteiger partial charge in [0.05, 0.1) is 5.92 Å². The molecule has 0 bridgehead atoms. The average Bonchev–Trinajstić information content (AvgIpc) is 2.74. The molecule has 2 N–H and O–H groups in total. The quantitative estimate of drug-likeness (QED) is 0.150. The summed E-state index contributed by atoms with van der Waals surface area (Å²) in [5.41, 5.74) is 0. The van der Waals surface area contributed by atoms with Gasteiger partial charge in [0.1, 0.15) is 0 Å². The summed E-state index contributed by atoms with van der Waals surface area (Å²) >= 11 is 0. The van der Waals surface area contributed by atoms with Gasteiger partial charge in [-0.15, -0.1) is 0 Å². The van der Waals surface area contributed by atoms with Crippen LogP contribution in [0.1, 0.15) is 162 Å². The molecule has 0 saturated carbocycles. The monoisotopic (exact) mass is 456 g/mol. The zero-order chi connectivity index (χ0) is 24.3. The Hall–Kier alpha value is -1.06. The summed E-state index contributed by atoms with van der Waals surface area (Å²) in [7, 11) is 0. The molecule has 0 aromatic rings. The summed E-state index contributed by atoms with van der Waals surface area (Å²) in [5.74, 6) is -1.49. The highest BCUT2D eigenvalue weighted by Crippen LogP contribution is 2.20. The van der Waals surface area contributed by atoms with E-state index in [9.17, 15) is 9.90 Å². The van der Waals surface area contributed by atoms with Crippen LogP contribution in [-0.4, -0.2) is 22.2 Å². The third-order valence-electron chi connectivity index (χ3n) is 6.16. The van der Waals surface area contributed by atoms with Crippen LogP contribution in [0.5, 0.6) is 0 Å². The topological polar surface area (TPSA) is 74.6 Å². The molecule has 0 aromatic carbocycles. The molecule has 0 radical (unpaired) electrons. The molecule has 0 spiro atoms. The molecular weight excluding hydrogens is 400 g/mol. The second-order valence-corrected chi connectivity index (χ2v) is 9.50. The number of hydrogen-bond acceptors (Lipinski definition) is 2. The minimum absolute atomic E-state index is 0.0944. The van der Waals surface area contributed by atoms with Crippen molar-refractivity contribution >= 4 is 11.9 Å². The maximum atomic E-state index is 11.5. The van der Waals surface area contributed by atoms with Crippen LogP contribution in [0.2, 0.25) is 0 Å². The summed E-state index contributed by atoms with van der Waals surface area (Å²) in [6.07, 6.45) is 28.2. The Labute approximate surface area is 200 Å². The zero-order valence-corrected chi connectivity index (χ0v) is 21.8. The predicted octanol–water partition coefficient (Wildman–Crippen LogP) is 9.40. The van der Waals surface area contributed by atoms with E-state index in [1.807, 2.05) is 0 Å². The molecule has 0 atom stereocenters. The van der Waals surface area contributed by atoms with Crippen molar-refractivity contribution in [3.05, 3.63) is 0 Å². The summed E-state index contributed by atoms with van der Waals surface area (Å²) in [6.45, 7) is 5.61. The number of hydrogen-bond donors (Lipinski definition) is 2. The maximum absolute atomic E-state index is 11.5. The standard InChI is InChI=1S/C26H52O2.C2H4O2/c1-3-5-7-9-11-13-15-17-19-21-23-25(26(27)28)24-22-20-18-16-14-12-10-8-6-4-2;1-2(3)4/h25H,3-24H2,1-2H3,(H,27,28);1H3,(H,3,4). The van der Waals surface area contributed by atoms with Gasteiger partial charge in [-0.25, -0.2) is 0 Å². The molecular formula is C28H56O4. The van der Waals surface area contributed by atoms with Crippen molar-refractivity contribution < 1.29 is 19.8 Å². The van der Waals surface area contributed by atoms with Crippen molar-refractivity contribution in [2.24, 2.45) is 5.92 Å². The van der Waals surface area contributed by atoms with Gasteiger partial charge in [0.25, 0.3) is 5.97 Å². The van der Waals surface area contributed by atoms with Gasteiger partial charge in [-0.2, -0.15) is 0 Å². The Balaban J connectivity index is 0. The van der Waals surface area contributed by atoms with Crippen LogP contribution in [0.4, 0.5) is 0 Å². The Morgan fingerprint density at radius 3 is 0.938 bits per heavy atom. The Morgan fingerprint density at radius 1 is 0.500 bits per heavy atom. The van der Waals surface area contributed by atoms with E-state index < -0.39 is 11.9 Å². The van der Waals surface area contributed by atoms with Crippen molar-refractivity contribution in [3.8, 4) is 0 Å². The average molecular weight is 457 g/mol. The largest absolute Gasteiger partial charge is 0.481 e. The van der Waals surface area contributed by atoms with Gasteiger partial charge in [-0.3, -0.25) is 9.59 Å². The molecule has 0 saturated heterocycles. The van der Waals surface area contributed by atoms with Crippen molar-refractivity contribution in [2.75, 3.05) is 0 Å². The van der Waals surface area contributed by atoms with E-state index in [1.54, 1.807) is 0 Å². The second-order valence-electron chi connectivity index (χ2n) is 9.50. The minimum Gasteiger partial charge on any atom is -0.481 e. The fraction of sp³-hybridized carbons (Fsp3) is 0.929. The van der Waals surface area contributed by atoms with Crippen LogP contribution in [0.3, 0.4) is 0 Å². The van der Waals surface area contributed by atoms with Crippen molar-refractivity contribution in [3.63, 3.8) is 0 Å². The molecule has 192 valence electrons. The lowest BCUT2D eigenvalue weighted by Gasteiger charge is -2.12. The molecule has 0 heterocycles. The first kappa shape index (κ1) is 33.1. The first-order chi connectivity index (χ1) is 15.5. The summed E-state index contributed by atoms with van der Waals surface area (Å²) in [5, 5.41) is 16.9. The lowest BCUT2D eigenvalue weighted by Crippen LogP contribution is -2.13. The molecule has 4 heteroatoms. The van der Waals surface area contributed by atoms with Gasteiger partial charge in [-0.05, 0) is 12.8 Å². The highest BCUT2D eigenvalue weighted by atomic mass is 16.4. The smallest absolute Gasteiger partial charge is 0.306 e. The lowest BCUT2D eigenvalue weighted by atomic mass is 9.94. The number of carboxylic acid groups (broad SMARTS) is 2. The number of carboxylic acids is 2. The van der Waals surface area contributed by atoms with Crippen LogP contribution in [0, 0.1) is 5.92 Å². The molecule has 0 aliphatic rings. The van der Waals surface area contributed by atoms with E-state index >= 15 is 0 Å². The third-order valence-corrected chi connectivity index (χ3v) is 6.16. The fourth-order valence-corrected chi connectivity index (χ4v) is 4.15. The van der Waals surface area contributed by atoms with E-state index in [0.29, 0.717) is 0 Å². The van der Waals surface area contributed by atoms with Gasteiger partial charge < -0.3 is 10.2 Å². The first-order valence-corrected chi connectivity index (χ1v) is 13.9. The van der Waals surface area contributed by atoms with Gasteiger partial charge in [0.15, 0.2) is 0 Å². The first-order valence-electron chi connectivity index (χ1n) is 13.9. The maximum Gasteiger partial charge on any atom is 0.306 e. The van der Waals surface area contributed by atoms with Gasteiger partial charge >= 0.3 is 5.97 Å². The van der Waals surface area contributed by atoms with E-state index in [-0.39, 0.29) is 5.92 Å². The van der Waals surface area contributed by atoms with E-state index in [1.165, 1.54) is 116 Å². The predicted molar refractivity (Wildman–Crippen MR) is 137 cm³/mol.